The Hall–Kier alpha value is -0.420. The van der Waals surface area contributed by atoms with Gasteiger partial charge in [0.25, 0.3) is 0 Å². The molecule has 1 saturated carbocycles. The summed E-state index contributed by atoms with van der Waals surface area (Å²) >= 11 is 2.09. The summed E-state index contributed by atoms with van der Waals surface area (Å²) in [5, 5.41) is 4.58. The van der Waals surface area contributed by atoms with E-state index < -0.39 is 5.60 Å². The van der Waals surface area contributed by atoms with Crippen molar-refractivity contribution in [1.82, 2.24) is 10.2 Å². The highest BCUT2D eigenvalue weighted by Gasteiger charge is 2.32. The molecule has 122 valence electrons. The van der Waals surface area contributed by atoms with E-state index in [0.29, 0.717) is 12.1 Å². The molecule has 1 aliphatic carbocycles. The number of ether oxygens (including phenoxy) is 1. The molecule has 0 radical (unpaired) electrons. The molecule has 1 saturated heterocycles. The van der Waals surface area contributed by atoms with Gasteiger partial charge >= 0.3 is 6.09 Å². The van der Waals surface area contributed by atoms with Crippen LogP contribution in [0.15, 0.2) is 0 Å². The molecule has 5 heteroatoms. The lowest BCUT2D eigenvalue weighted by Crippen LogP contribution is -2.41. The summed E-state index contributed by atoms with van der Waals surface area (Å²) < 4.78 is 5.44. The van der Waals surface area contributed by atoms with Crippen molar-refractivity contribution in [2.75, 3.05) is 18.8 Å². The second kappa shape index (κ2) is 7.23. The highest BCUT2D eigenvalue weighted by molar-refractivity contribution is 7.99. The van der Waals surface area contributed by atoms with E-state index in [9.17, 15) is 4.79 Å². The van der Waals surface area contributed by atoms with Gasteiger partial charge in [0.05, 0.1) is 0 Å². The molecule has 1 N–H and O–H groups in total. The average molecular weight is 314 g/mol. The molecule has 0 spiro atoms. The largest absolute Gasteiger partial charge is 0.444 e. The van der Waals surface area contributed by atoms with E-state index in [0.717, 1.165) is 24.8 Å². The smallest absolute Gasteiger partial charge is 0.410 e. The quantitative estimate of drug-likeness (QED) is 0.865. The van der Waals surface area contributed by atoms with Crippen molar-refractivity contribution in [3.05, 3.63) is 0 Å². The van der Waals surface area contributed by atoms with Crippen LogP contribution in [0.1, 0.15) is 53.4 Å². The van der Waals surface area contributed by atoms with E-state index in [1.807, 2.05) is 25.7 Å². The third-order valence-corrected chi connectivity index (χ3v) is 5.33. The van der Waals surface area contributed by atoms with Gasteiger partial charge < -0.3 is 15.0 Å². The second-order valence-electron chi connectivity index (χ2n) is 7.17. The van der Waals surface area contributed by atoms with Crippen molar-refractivity contribution in [1.29, 1.82) is 0 Å². The Labute approximate surface area is 133 Å². The molecule has 4 nitrogen and oxygen atoms in total. The summed E-state index contributed by atoms with van der Waals surface area (Å²) in [5.41, 5.74) is -0.404. The van der Waals surface area contributed by atoms with Gasteiger partial charge in [0, 0.05) is 30.4 Å². The lowest BCUT2D eigenvalue weighted by Gasteiger charge is -2.25. The molecular weight excluding hydrogens is 284 g/mol. The molecule has 2 rings (SSSR count). The van der Waals surface area contributed by atoms with Gasteiger partial charge in [-0.1, -0.05) is 6.92 Å². The van der Waals surface area contributed by atoms with Crippen molar-refractivity contribution in [2.45, 2.75) is 76.3 Å². The van der Waals surface area contributed by atoms with Crippen LogP contribution >= 0.6 is 11.8 Å². The maximum Gasteiger partial charge on any atom is 0.410 e. The van der Waals surface area contributed by atoms with E-state index in [2.05, 4.69) is 24.0 Å². The summed E-state index contributed by atoms with van der Waals surface area (Å²) in [5.74, 6) is 1.22. The number of amides is 1. The minimum atomic E-state index is -0.404. The Morgan fingerprint density at radius 2 is 2.05 bits per heavy atom. The maximum absolute atomic E-state index is 12.1. The Balaban J connectivity index is 1.72. The van der Waals surface area contributed by atoms with Gasteiger partial charge in [-0.05, 0) is 52.2 Å². The van der Waals surface area contributed by atoms with Crippen LogP contribution in [0.2, 0.25) is 0 Å². The maximum atomic E-state index is 12.1. The van der Waals surface area contributed by atoms with Gasteiger partial charge in [-0.3, -0.25) is 0 Å². The molecule has 1 heterocycles. The van der Waals surface area contributed by atoms with Gasteiger partial charge in [0.2, 0.25) is 0 Å². The molecule has 3 atom stereocenters. The molecule has 0 aromatic rings. The van der Waals surface area contributed by atoms with E-state index in [1.54, 1.807) is 0 Å². The first kappa shape index (κ1) is 16.9. The molecule has 1 aliphatic heterocycles. The lowest BCUT2D eigenvalue weighted by atomic mass is 10.2. The lowest BCUT2D eigenvalue weighted by molar-refractivity contribution is 0.0290. The highest BCUT2D eigenvalue weighted by Crippen LogP contribution is 2.30. The number of rotatable bonds is 4. The monoisotopic (exact) mass is 314 g/mol. The summed E-state index contributed by atoms with van der Waals surface area (Å²) in [6, 6.07) is 1.07. The zero-order valence-corrected chi connectivity index (χ0v) is 14.7. The minimum absolute atomic E-state index is 0.169. The van der Waals surface area contributed by atoms with Gasteiger partial charge in [-0.2, -0.15) is 11.8 Å². The third-order valence-electron chi connectivity index (χ3n) is 4.10. The van der Waals surface area contributed by atoms with Crippen molar-refractivity contribution < 1.29 is 9.53 Å². The van der Waals surface area contributed by atoms with E-state index in [-0.39, 0.29) is 6.09 Å². The zero-order chi connectivity index (χ0) is 15.5. The molecule has 0 bridgehead atoms. The fourth-order valence-electron chi connectivity index (χ4n) is 3.20. The summed E-state index contributed by atoms with van der Waals surface area (Å²) in [4.78, 5) is 13.9. The number of carbonyl (C=O) groups is 1. The van der Waals surface area contributed by atoms with E-state index in [1.165, 1.54) is 25.0 Å². The van der Waals surface area contributed by atoms with Crippen LogP contribution in [0.5, 0.6) is 0 Å². The first-order chi connectivity index (χ1) is 9.87. The molecule has 0 aromatic heterocycles. The first-order valence-corrected chi connectivity index (χ1v) is 9.28. The van der Waals surface area contributed by atoms with Crippen LogP contribution in [0.3, 0.4) is 0 Å². The number of nitrogens with zero attached hydrogens (tertiary/aromatic N) is 1. The molecule has 3 unspecified atom stereocenters. The van der Waals surface area contributed by atoms with Gasteiger partial charge in [0.15, 0.2) is 0 Å². The second-order valence-corrected chi connectivity index (χ2v) is 8.74. The highest BCUT2D eigenvalue weighted by atomic mass is 32.2. The molecule has 21 heavy (non-hydrogen) atoms. The van der Waals surface area contributed by atoms with Crippen molar-refractivity contribution in [3.63, 3.8) is 0 Å². The predicted molar refractivity (Wildman–Crippen MR) is 88.9 cm³/mol. The van der Waals surface area contributed by atoms with Gasteiger partial charge in [-0.25, -0.2) is 4.79 Å². The molecule has 2 fully saturated rings. The van der Waals surface area contributed by atoms with Crippen LogP contribution in [0.4, 0.5) is 4.79 Å². The standard InChI is InChI=1S/C16H30N2O2S/c1-5-21-14-7-6-12(10-14)17-13-8-9-18(11-13)15(19)20-16(2,3)4/h12-14,17H,5-11H2,1-4H3. The van der Waals surface area contributed by atoms with Crippen molar-refractivity contribution >= 4 is 17.9 Å². The number of nitrogens with one attached hydrogen (secondary N) is 1. The molecular formula is C16H30N2O2S. The number of hydrogen-bond donors (Lipinski definition) is 1. The van der Waals surface area contributed by atoms with Gasteiger partial charge in [-0.15, -0.1) is 0 Å². The van der Waals surface area contributed by atoms with Crippen LogP contribution in [-0.2, 0) is 4.74 Å². The molecule has 0 aromatic carbocycles. The Bertz CT molecular complexity index is 357. The predicted octanol–water partition coefficient (Wildman–Crippen LogP) is 3.26. The fourth-order valence-corrected chi connectivity index (χ4v) is 4.34. The Morgan fingerprint density at radius 3 is 2.71 bits per heavy atom. The normalized spacial score (nSPS) is 29.9. The number of hydrogen-bond acceptors (Lipinski definition) is 4. The Morgan fingerprint density at radius 1 is 1.29 bits per heavy atom. The van der Waals surface area contributed by atoms with Crippen molar-refractivity contribution in [2.24, 2.45) is 0 Å². The number of likely N-dealkylation sites (tertiary alicyclic amines) is 1. The van der Waals surface area contributed by atoms with E-state index >= 15 is 0 Å². The third kappa shape index (κ3) is 5.37. The van der Waals surface area contributed by atoms with Crippen molar-refractivity contribution in [3.8, 4) is 0 Å². The SMILES string of the molecule is CCSC1CCC(NC2CCN(C(=O)OC(C)(C)C)C2)C1. The summed E-state index contributed by atoms with van der Waals surface area (Å²) in [7, 11) is 0. The zero-order valence-electron chi connectivity index (χ0n) is 13.9. The molecule has 2 aliphatic rings. The first-order valence-electron chi connectivity index (χ1n) is 8.23. The molecule has 1 amide bonds. The topological polar surface area (TPSA) is 41.6 Å². The van der Waals surface area contributed by atoms with Crippen LogP contribution < -0.4 is 5.32 Å². The van der Waals surface area contributed by atoms with Crippen LogP contribution in [-0.4, -0.2) is 52.8 Å². The number of carbonyl (C=O) groups excluding carboxylic acids is 1. The van der Waals surface area contributed by atoms with Gasteiger partial charge in [0.1, 0.15) is 5.60 Å². The Kier molecular flexibility index (Phi) is 5.83. The summed E-state index contributed by atoms with van der Waals surface area (Å²) in [6.45, 7) is 9.59. The minimum Gasteiger partial charge on any atom is -0.444 e. The number of thioether (sulfide) groups is 1. The summed E-state index contributed by atoms with van der Waals surface area (Å²) in [6.07, 6.45) is 4.76. The average Bonchev–Trinajstić information content (AvgIpc) is 2.98. The van der Waals surface area contributed by atoms with Crippen LogP contribution in [0.25, 0.3) is 0 Å². The van der Waals surface area contributed by atoms with Crippen LogP contribution in [0, 0.1) is 0 Å². The fraction of sp³-hybridized carbons (Fsp3) is 0.938. The van der Waals surface area contributed by atoms with E-state index in [4.69, 9.17) is 4.74 Å².